The number of nitrogens with one attached hydrogen (secondary N) is 2. The predicted molar refractivity (Wildman–Crippen MR) is 104 cm³/mol. The van der Waals surface area contributed by atoms with Gasteiger partial charge in [-0.2, -0.15) is 0 Å². The fraction of sp³-hybridized carbons (Fsp3) is 0.368. The number of carbonyl (C=O) groups excluding carboxylic acids is 2. The summed E-state index contributed by atoms with van der Waals surface area (Å²) in [5, 5.41) is 15.2. The molecule has 2 rings (SSSR count). The Kier molecular flexibility index (Phi) is 7.95. The lowest BCUT2D eigenvalue weighted by molar-refractivity contribution is -0.116. The maximum Gasteiger partial charge on any atom is 0.243 e. The van der Waals surface area contributed by atoms with Crippen LogP contribution in [0, 0.1) is 0 Å². The van der Waals surface area contributed by atoms with Gasteiger partial charge < -0.3 is 10.6 Å². The summed E-state index contributed by atoms with van der Waals surface area (Å²) in [7, 11) is 0. The summed E-state index contributed by atoms with van der Waals surface area (Å²) in [6.45, 7) is 5.94. The molecule has 0 aliphatic carbocycles. The van der Waals surface area contributed by atoms with Crippen molar-refractivity contribution in [1.29, 1.82) is 0 Å². The highest BCUT2D eigenvalue weighted by Crippen LogP contribution is 2.18. The summed E-state index contributed by atoms with van der Waals surface area (Å²) in [4.78, 5) is 23.7. The lowest BCUT2D eigenvalue weighted by atomic mass is 10.0. The fourth-order valence-electron chi connectivity index (χ4n) is 2.42. The summed E-state index contributed by atoms with van der Waals surface area (Å²) in [5.74, 6) is -0.391. The van der Waals surface area contributed by atoms with Gasteiger partial charge in [0.1, 0.15) is 5.01 Å². The first-order valence-electron chi connectivity index (χ1n) is 8.71. The molecule has 0 spiro atoms. The third-order valence-corrected chi connectivity index (χ3v) is 4.71. The first-order valence-corrected chi connectivity index (χ1v) is 9.53. The van der Waals surface area contributed by atoms with Crippen molar-refractivity contribution in [3.05, 3.63) is 53.1 Å². The van der Waals surface area contributed by atoms with Gasteiger partial charge in [0, 0.05) is 13.0 Å². The normalized spacial score (nSPS) is 10.3. The number of benzene rings is 1. The van der Waals surface area contributed by atoms with Gasteiger partial charge in [-0.1, -0.05) is 61.9 Å². The van der Waals surface area contributed by atoms with Crippen LogP contribution in [0.3, 0.4) is 0 Å². The highest BCUT2D eigenvalue weighted by molar-refractivity contribution is 7.15. The summed E-state index contributed by atoms with van der Waals surface area (Å²) in [6.07, 6.45) is 5.75. The first kappa shape index (κ1) is 19.8. The number of hydrogen-bond donors (Lipinski definition) is 2. The van der Waals surface area contributed by atoms with Crippen molar-refractivity contribution in [2.45, 2.75) is 45.6 Å². The third-order valence-electron chi connectivity index (χ3n) is 3.82. The predicted octanol–water partition coefficient (Wildman–Crippen LogP) is 3.25. The summed E-state index contributed by atoms with van der Waals surface area (Å²) >= 11 is 1.42. The number of aryl methyl sites for hydroxylation is 1. The van der Waals surface area contributed by atoms with E-state index in [9.17, 15) is 9.59 Å². The van der Waals surface area contributed by atoms with Crippen molar-refractivity contribution >= 4 is 28.3 Å². The van der Waals surface area contributed by atoms with Gasteiger partial charge in [0.25, 0.3) is 0 Å². The quantitative estimate of drug-likeness (QED) is 0.495. The standard InChI is InChI=1S/C19H24N4O2S/c1-3-5-6-11-18-22-23-19(26-18)21-17(25)12-14-9-7-8-10-15(14)13-20-16(24)4-2/h4,7-10H,2-3,5-6,11-13H2,1H3,(H,20,24)(H,21,23,25). The van der Waals surface area contributed by atoms with E-state index in [4.69, 9.17) is 0 Å². The zero-order chi connectivity index (χ0) is 18.8. The van der Waals surface area contributed by atoms with Gasteiger partial charge in [0.2, 0.25) is 16.9 Å². The molecule has 2 N–H and O–H groups in total. The molecule has 0 saturated heterocycles. The molecular formula is C19H24N4O2S. The molecule has 1 heterocycles. The van der Waals surface area contributed by atoms with E-state index in [1.165, 1.54) is 23.8 Å². The molecule has 2 amide bonds. The molecule has 0 fully saturated rings. The van der Waals surface area contributed by atoms with Crippen molar-refractivity contribution in [2.75, 3.05) is 5.32 Å². The summed E-state index contributed by atoms with van der Waals surface area (Å²) in [6, 6.07) is 7.52. The minimum atomic E-state index is -0.242. The maximum atomic E-state index is 12.3. The topological polar surface area (TPSA) is 84.0 Å². The second kappa shape index (κ2) is 10.5. The number of carbonyl (C=O) groups is 2. The molecule has 0 unspecified atom stereocenters. The Morgan fingerprint density at radius 1 is 1.19 bits per heavy atom. The van der Waals surface area contributed by atoms with Gasteiger partial charge in [-0.05, 0) is 23.6 Å². The van der Waals surface area contributed by atoms with Gasteiger partial charge >= 0.3 is 0 Å². The van der Waals surface area contributed by atoms with Gasteiger partial charge in [-0.15, -0.1) is 10.2 Å². The molecule has 2 aromatic rings. The number of aromatic nitrogens is 2. The number of nitrogens with zero attached hydrogens (tertiary/aromatic N) is 2. The highest BCUT2D eigenvalue weighted by Gasteiger charge is 2.11. The molecule has 1 aromatic heterocycles. The van der Waals surface area contributed by atoms with Crippen LogP contribution in [0.1, 0.15) is 42.3 Å². The second-order valence-corrected chi connectivity index (χ2v) is 6.94. The average Bonchev–Trinajstić information content (AvgIpc) is 3.08. The minimum Gasteiger partial charge on any atom is -0.348 e. The van der Waals surface area contributed by atoms with Crippen molar-refractivity contribution in [3.8, 4) is 0 Å². The molecule has 0 saturated carbocycles. The van der Waals surface area contributed by atoms with E-state index in [1.807, 2.05) is 24.3 Å². The number of hydrogen-bond acceptors (Lipinski definition) is 5. The van der Waals surface area contributed by atoms with Crippen molar-refractivity contribution in [1.82, 2.24) is 15.5 Å². The molecule has 26 heavy (non-hydrogen) atoms. The van der Waals surface area contributed by atoms with Gasteiger partial charge in [-0.3, -0.25) is 9.59 Å². The number of anilines is 1. The Labute approximate surface area is 157 Å². The van der Waals surface area contributed by atoms with Crippen LogP contribution in [0.25, 0.3) is 0 Å². The van der Waals surface area contributed by atoms with Crippen LogP contribution < -0.4 is 10.6 Å². The van der Waals surface area contributed by atoms with Crippen LogP contribution >= 0.6 is 11.3 Å². The molecule has 138 valence electrons. The van der Waals surface area contributed by atoms with Crippen molar-refractivity contribution in [2.24, 2.45) is 0 Å². The molecule has 0 aliphatic rings. The molecule has 0 atom stereocenters. The third kappa shape index (κ3) is 6.40. The van der Waals surface area contributed by atoms with Crippen molar-refractivity contribution < 1.29 is 9.59 Å². The van der Waals surface area contributed by atoms with Crippen LogP contribution in [0.4, 0.5) is 5.13 Å². The largest absolute Gasteiger partial charge is 0.348 e. The molecular weight excluding hydrogens is 348 g/mol. The Morgan fingerprint density at radius 3 is 2.69 bits per heavy atom. The Bertz CT molecular complexity index is 758. The van der Waals surface area contributed by atoms with Gasteiger partial charge in [-0.25, -0.2) is 0 Å². The van der Waals surface area contributed by atoms with Gasteiger partial charge in [0.05, 0.1) is 6.42 Å². The monoisotopic (exact) mass is 372 g/mol. The van der Waals surface area contributed by atoms with Crippen LogP contribution in [0.5, 0.6) is 0 Å². The number of unbranched alkanes of at least 4 members (excludes halogenated alkanes) is 2. The van der Waals surface area contributed by atoms with E-state index in [-0.39, 0.29) is 18.2 Å². The van der Waals surface area contributed by atoms with Crippen LogP contribution in [0.15, 0.2) is 36.9 Å². The maximum absolute atomic E-state index is 12.3. The van der Waals surface area contributed by atoms with Crippen LogP contribution in [-0.4, -0.2) is 22.0 Å². The summed E-state index contributed by atoms with van der Waals surface area (Å²) in [5.41, 5.74) is 1.76. The molecule has 1 aromatic carbocycles. The van der Waals surface area contributed by atoms with Crippen LogP contribution in [0.2, 0.25) is 0 Å². The Morgan fingerprint density at radius 2 is 1.96 bits per heavy atom. The van der Waals surface area contributed by atoms with E-state index >= 15 is 0 Å². The zero-order valence-corrected chi connectivity index (χ0v) is 15.8. The number of amides is 2. The molecule has 6 nitrogen and oxygen atoms in total. The highest BCUT2D eigenvalue weighted by atomic mass is 32.1. The Balaban J connectivity index is 1.91. The van der Waals surface area contributed by atoms with E-state index in [0.29, 0.717) is 11.7 Å². The molecule has 0 radical (unpaired) electrons. The van der Waals surface area contributed by atoms with Gasteiger partial charge in [0.15, 0.2) is 0 Å². The average molecular weight is 372 g/mol. The second-order valence-electron chi connectivity index (χ2n) is 5.87. The number of rotatable bonds is 10. The lowest BCUT2D eigenvalue weighted by Crippen LogP contribution is -2.22. The van der Waals surface area contributed by atoms with E-state index in [1.54, 1.807) is 0 Å². The minimum absolute atomic E-state index is 0.149. The SMILES string of the molecule is C=CC(=O)NCc1ccccc1CC(=O)Nc1nnc(CCCCC)s1. The Hall–Kier alpha value is -2.54. The molecule has 7 heteroatoms. The first-order chi connectivity index (χ1) is 12.6. The zero-order valence-electron chi connectivity index (χ0n) is 15.0. The molecule has 0 aliphatic heterocycles. The summed E-state index contributed by atoms with van der Waals surface area (Å²) < 4.78 is 0. The van der Waals surface area contributed by atoms with E-state index in [2.05, 4.69) is 34.3 Å². The van der Waals surface area contributed by atoms with Crippen molar-refractivity contribution in [3.63, 3.8) is 0 Å². The van der Waals surface area contributed by atoms with Crippen LogP contribution in [-0.2, 0) is 29.0 Å². The smallest absolute Gasteiger partial charge is 0.243 e. The fourth-order valence-corrected chi connectivity index (χ4v) is 3.22. The lowest BCUT2D eigenvalue weighted by Gasteiger charge is -2.09. The molecule has 0 bridgehead atoms. The van der Waals surface area contributed by atoms with E-state index < -0.39 is 0 Å². The van der Waals surface area contributed by atoms with E-state index in [0.717, 1.165) is 35.4 Å².